The molecule has 0 radical (unpaired) electrons. The maximum Gasteiger partial charge on any atom is 0.308 e. The van der Waals surface area contributed by atoms with Crippen LogP contribution in [0.5, 0.6) is 0 Å². The molecule has 2 rings (SSSR count). The number of benzene rings is 1. The number of likely N-dealkylation sites (tertiary alicyclic amines) is 1. The molecule has 6 nitrogen and oxygen atoms in total. The molecule has 1 aromatic carbocycles. The fourth-order valence-electron chi connectivity index (χ4n) is 3.35. The van der Waals surface area contributed by atoms with Crippen molar-refractivity contribution in [1.29, 1.82) is 0 Å². The molecule has 1 fully saturated rings. The Morgan fingerprint density at radius 3 is 2.48 bits per heavy atom. The Labute approximate surface area is 163 Å². The average molecular weight is 375 g/mol. The van der Waals surface area contributed by atoms with Crippen molar-refractivity contribution in [3.05, 3.63) is 29.8 Å². The quantitative estimate of drug-likeness (QED) is 0.344. The van der Waals surface area contributed by atoms with Crippen LogP contribution in [0.3, 0.4) is 0 Å². The minimum absolute atomic E-state index is 0.0271. The van der Waals surface area contributed by atoms with Crippen molar-refractivity contribution in [3.63, 3.8) is 0 Å². The van der Waals surface area contributed by atoms with Gasteiger partial charge in [0.2, 0.25) is 0 Å². The number of methoxy groups -OCH3 is 1. The van der Waals surface area contributed by atoms with Gasteiger partial charge < -0.3 is 19.9 Å². The van der Waals surface area contributed by atoms with Crippen LogP contribution in [0.25, 0.3) is 0 Å². The monoisotopic (exact) mass is 374 g/mol. The molecule has 1 aromatic rings. The van der Waals surface area contributed by atoms with E-state index >= 15 is 0 Å². The molecule has 0 unspecified atom stereocenters. The smallest absolute Gasteiger partial charge is 0.308 e. The molecule has 1 N–H and O–H groups in total. The molecule has 1 heterocycles. The van der Waals surface area contributed by atoms with Crippen molar-refractivity contribution in [3.8, 4) is 0 Å². The van der Waals surface area contributed by atoms with Gasteiger partial charge in [-0.3, -0.25) is 9.79 Å². The molecule has 150 valence electrons. The third-order valence-electron chi connectivity index (χ3n) is 5.00. The number of anilines is 1. The highest BCUT2D eigenvalue weighted by Gasteiger charge is 2.26. The molecule has 0 atom stereocenters. The number of carbonyl (C=O) groups excluding carboxylic acids is 1. The van der Waals surface area contributed by atoms with Gasteiger partial charge in [0.1, 0.15) is 0 Å². The van der Waals surface area contributed by atoms with Crippen LogP contribution in [-0.4, -0.2) is 64.2 Å². The fourth-order valence-corrected chi connectivity index (χ4v) is 3.35. The number of nitrogens with one attached hydrogen (secondary N) is 1. The topological polar surface area (TPSA) is 57.2 Å². The van der Waals surface area contributed by atoms with Crippen LogP contribution in [-0.2, 0) is 16.0 Å². The number of carbonyl (C=O) groups is 1. The molecule has 0 saturated carbocycles. The first-order valence-corrected chi connectivity index (χ1v) is 9.92. The van der Waals surface area contributed by atoms with Crippen LogP contribution in [0.1, 0.15) is 31.7 Å². The summed E-state index contributed by atoms with van der Waals surface area (Å²) in [6.07, 6.45) is 3.71. The van der Waals surface area contributed by atoms with E-state index in [4.69, 9.17) is 9.73 Å². The zero-order valence-corrected chi connectivity index (χ0v) is 17.2. The number of piperidine rings is 1. The molecule has 1 aliphatic heterocycles. The molecule has 0 spiro atoms. The van der Waals surface area contributed by atoms with Crippen molar-refractivity contribution in [2.45, 2.75) is 32.6 Å². The Bertz CT molecular complexity index is 605. The van der Waals surface area contributed by atoms with E-state index < -0.39 is 0 Å². The predicted molar refractivity (Wildman–Crippen MR) is 111 cm³/mol. The first-order chi connectivity index (χ1) is 13.0. The minimum atomic E-state index is -0.0862. The van der Waals surface area contributed by atoms with Gasteiger partial charge >= 0.3 is 5.97 Å². The third kappa shape index (κ3) is 6.45. The molecule has 6 heteroatoms. The number of guanidine groups is 1. The van der Waals surface area contributed by atoms with Crippen molar-refractivity contribution in [2.75, 3.05) is 52.3 Å². The van der Waals surface area contributed by atoms with E-state index in [1.807, 2.05) is 0 Å². The van der Waals surface area contributed by atoms with E-state index in [0.29, 0.717) is 0 Å². The lowest BCUT2D eigenvalue weighted by molar-refractivity contribution is -0.146. The molecular formula is C21H34N4O2. The predicted octanol–water partition coefficient (Wildman–Crippen LogP) is 2.54. The van der Waals surface area contributed by atoms with Gasteiger partial charge in [-0.2, -0.15) is 0 Å². The number of aryl methyl sites for hydroxylation is 1. The normalized spacial score (nSPS) is 15.6. The van der Waals surface area contributed by atoms with Crippen LogP contribution < -0.4 is 10.2 Å². The maximum absolute atomic E-state index is 11.7. The largest absolute Gasteiger partial charge is 0.469 e. The summed E-state index contributed by atoms with van der Waals surface area (Å²) >= 11 is 0. The van der Waals surface area contributed by atoms with Crippen LogP contribution in [0.4, 0.5) is 5.69 Å². The van der Waals surface area contributed by atoms with Crippen molar-refractivity contribution >= 4 is 17.6 Å². The lowest BCUT2D eigenvalue weighted by Crippen LogP contribution is -2.46. The van der Waals surface area contributed by atoms with Crippen LogP contribution in [0, 0.1) is 5.92 Å². The van der Waals surface area contributed by atoms with Crippen molar-refractivity contribution in [2.24, 2.45) is 10.9 Å². The standard InChI is InChI=1S/C21H34N4O2/c1-5-22-21(25-15-12-18(13-16-25)20(26)27-4)23-14-6-7-17-8-10-19(11-9-17)24(2)3/h8-11,18H,5-7,12-16H2,1-4H3,(H,22,23). The van der Waals surface area contributed by atoms with E-state index in [1.54, 1.807) is 0 Å². The van der Waals surface area contributed by atoms with Crippen molar-refractivity contribution < 1.29 is 9.53 Å². The van der Waals surface area contributed by atoms with Gasteiger partial charge in [0.25, 0.3) is 0 Å². The van der Waals surface area contributed by atoms with Gasteiger partial charge in [-0.15, -0.1) is 0 Å². The van der Waals surface area contributed by atoms with Gasteiger partial charge in [0.15, 0.2) is 5.96 Å². The van der Waals surface area contributed by atoms with Crippen LogP contribution in [0.2, 0.25) is 0 Å². The first-order valence-electron chi connectivity index (χ1n) is 9.92. The molecular weight excluding hydrogens is 340 g/mol. The summed E-state index contributed by atoms with van der Waals surface area (Å²) < 4.78 is 4.87. The summed E-state index contributed by atoms with van der Waals surface area (Å²) in [7, 11) is 5.58. The second-order valence-electron chi connectivity index (χ2n) is 7.18. The Kier molecular flexibility index (Phi) is 8.43. The second kappa shape index (κ2) is 10.8. The van der Waals surface area contributed by atoms with Crippen molar-refractivity contribution in [1.82, 2.24) is 10.2 Å². The zero-order valence-electron chi connectivity index (χ0n) is 17.2. The van der Waals surface area contributed by atoms with E-state index in [9.17, 15) is 4.79 Å². The Morgan fingerprint density at radius 2 is 1.93 bits per heavy atom. The first kappa shape index (κ1) is 21.1. The lowest BCUT2D eigenvalue weighted by atomic mass is 9.97. The number of rotatable bonds is 7. The van der Waals surface area contributed by atoms with E-state index in [2.05, 4.69) is 60.4 Å². The third-order valence-corrected chi connectivity index (χ3v) is 5.00. The maximum atomic E-state index is 11.7. The number of esters is 1. The van der Waals surface area contributed by atoms with E-state index in [1.165, 1.54) is 18.4 Å². The van der Waals surface area contributed by atoms with Gasteiger partial charge in [-0.05, 0) is 50.3 Å². The Balaban J connectivity index is 1.82. The van der Waals surface area contributed by atoms with Crippen LogP contribution >= 0.6 is 0 Å². The molecule has 1 saturated heterocycles. The van der Waals surface area contributed by atoms with Gasteiger partial charge in [0, 0.05) is 46.0 Å². The number of hydrogen-bond acceptors (Lipinski definition) is 4. The van der Waals surface area contributed by atoms with E-state index in [0.717, 1.165) is 57.8 Å². The minimum Gasteiger partial charge on any atom is -0.469 e. The Hall–Kier alpha value is -2.24. The van der Waals surface area contributed by atoms with Gasteiger partial charge in [-0.1, -0.05) is 12.1 Å². The second-order valence-corrected chi connectivity index (χ2v) is 7.18. The number of nitrogens with zero attached hydrogens (tertiary/aromatic N) is 3. The summed E-state index contributed by atoms with van der Waals surface area (Å²) in [5, 5.41) is 3.38. The van der Waals surface area contributed by atoms with Gasteiger partial charge in [0.05, 0.1) is 13.0 Å². The number of ether oxygens (including phenoxy) is 1. The SMILES string of the molecule is CCNC(=NCCCc1ccc(N(C)C)cc1)N1CCC(C(=O)OC)CC1. The number of aliphatic imine (C=N–C) groups is 1. The Morgan fingerprint density at radius 1 is 1.26 bits per heavy atom. The summed E-state index contributed by atoms with van der Waals surface area (Å²) in [5.74, 6) is 0.903. The highest BCUT2D eigenvalue weighted by atomic mass is 16.5. The summed E-state index contributed by atoms with van der Waals surface area (Å²) in [6, 6.07) is 8.71. The summed E-state index contributed by atoms with van der Waals surface area (Å²) in [6.45, 7) is 5.43. The zero-order chi connectivity index (χ0) is 19.6. The van der Waals surface area contributed by atoms with Gasteiger partial charge in [-0.25, -0.2) is 0 Å². The fraction of sp³-hybridized carbons (Fsp3) is 0.619. The highest BCUT2D eigenvalue weighted by Crippen LogP contribution is 2.18. The van der Waals surface area contributed by atoms with Crippen LogP contribution in [0.15, 0.2) is 29.3 Å². The molecule has 0 amide bonds. The summed E-state index contributed by atoms with van der Waals surface area (Å²) in [5.41, 5.74) is 2.57. The lowest BCUT2D eigenvalue weighted by Gasteiger charge is -2.33. The average Bonchev–Trinajstić information content (AvgIpc) is 2.70. The number of hydrogen-bond donors (Lipinski definition) is 1. The molecule has 1 aliphatic rings. The highest BCUT2D eigenvalue weighted by molar-refractivity contribution is 5.80. The molecule has 0 aliphatic carbocycles. The molecule has 0 aromatic heterocycles. The van der Waals surface area contributed by atoms with E-state index in [-0.39, 0.29) is 11.9 Å². The summed E-state index contributed by atoms with van der Waals surface area (Å²) in [4.78, 5) is 20.8. The molecule has 27 heavy (non-hydrogen) atoms. The molecule has 0 bridgehead atoms.